The molecule has 0 saturated carbocycles. The Morgan fingerprint density at radius 1 is 1.82 bits per heavy atom. The molecule has 66 valence electrons. The summed E-state index contributed by atoms with van der Waals surface area (Å²) in [6, 6.07) is 0. The molecule has 0 bridgehead atoms. The lowest BCUT2D eigenvalue weighted by molar-refractivity contribution is 0.475. The van der Waals surface area contributed by atoms with E-state index in [0.29, 0.717) is 12.8 Å². The maximum atomic E-state index is 7.32. The highest BCUT2D eigenvalue weighted by Gasteiger charge is 1.98. The lowest BCUT2D eigenvalue weighted by Gasteiger charge is -2.10. The average molecular weight is 157 g/mol. The van der Waals surface area contributed by atoms with Gasteiger partial charge in [-0.1, -0.05) is 32.7 Å². The van der Waals surface area contributed by atoms with Gasteiger partial charge in [0.2, 0.25) is 0 Å². The molecule has 0 amide bonds. The third-order valence-electron chi connectivity index (χ3n) is 1.66. The number of hydrogen-bond donors (Lipinski definition) is 1. The molecule has 0 saturated heterocycles. The lowest BCUT2D eigenvalue weighted by atomic mass is 10.0. The molecule has 0 aromatic heterocycles. The largest absolute Gasteiger partial charge is 0.313 e. The van der Waals surface area contributed by atoms with Gasteiger partial charge < -0.3 is 5.32 Å². The predicted octanol–water partition coefficient (Wildman–Crippen LogP) is 2.59. The minimum atomic E-state index is 0.485. The minimum absolute atomic E-state index is 0.485. The second-order valence-corrected chi connectivity index (χ2v) is 2.90. The van der Waals surface area contributed by atoms with E-state index in [0.717, 1.165) is 19.5 Å². The summed E-state index contributed by atoms with van der Waals surface area (Å²) in [5.41, 5.74) is 0. The summed E-state index contributed by atoms with van der Waals surface area (Å²) >= 11 is 0. The van der Waals surface area contributed by atoms with Crippen LogP contribution < -0.4 is 5.32 Å². The van der Waals surface area contributed by atoms with Crippen molar-refractivity contribution < 1.29 is 2.74 Å². The highest BCUT2D eigenvalue weighted by molar-refractivity contribution is 4.70. The van der Waals surface area contributed by atoms with E-state index in [-0.39, 0.29) is 0 Å². The van der Waals surface area contributed by atoms with Crippen molar-refractivity contribution in [3.8, 4) is 0 Å². The molecule has 1 N–H and O–H groups in total. The van der Waals surface area contributed by atoms with Crippen molar-refractivity contribution in [3.05, 3.63) is 12.6 Å². The zero-order valence-electron chi connectivity index (χ0n) is 9.47. The van der Waals surface area contributed by atoms with Gasteiger partial charge in [0.1, 0.15) is 0 Å². The van der Waals surface area contributed by atoms with Crippen molar-refractivity contribution in [2.75, 3.05) is 13.1 Å². The summed E-state index contributed by atoms with van der Waals surface area (Å²) in [5.74, 6) is 0.485. The van der Waals surface area contributed by atoms with Crippen molar-refractivity contribution in [2.45, 2.75) is 33.1 Å². The number of rotatable bonds is 7. The first-order chi connectivity index (χ1) is 6.35. The first-order valence-corrected chi connectivity index (χ1v) is 4.38. The third-order valence-corrected chi connectivity index (χ3v) is 1.66. The fourth-order valence-electron chi connectivity index (χ4n) is 0.966. The van der Waals surface area contributed by atoms with Crippen LogP contribution in [0.1, 0.15) is 35.8 Å². The quantitative estimate of drug-likeness (QED) is 0.442. The molecule has 0 fully saturated rings. The highest BCUT2D eigenvalue weighted by Crippen LogP contribution is 2.05. The van der Waals surface area contributed by atoms with E-state index in [9.17, 15) is 0 Å². The summed E-state index contributed by atoms with van der Waals surface area (Å²) in [4.78, 5) is 0. The maximum Gasteiger partial charge on any atom is 0.0535 e. The van der Waals surface area contributed by atoms with Crippen molar-refractivity contribution >= 4 is 0 Å². The van der Waals surface area contributed by atoms with Crippen LogP contribution in [0.2, 0.25) is 0 Å². The predicted molar refractivity (Wildman–Crippen MR) is 51.8 cm³/mol. The smallest absolute Gasteiger partial charge is 0.0535 e. The van der Waals surface area contributed by atoms with Crippen molar-refractivity contribution in [1.29, 1.82) is 0 Å². The Bertz CT molecular complexity index is 126. The van der Waals surface area contributed by atoms with Crippen LogP contribution in [0.25, 0.3) is 0 Å². The molecule has 11 heavy (non-hydrogen) atoms. The molecule has 0 aromatic carbocycles. The van der Waals surface area contributed by atoms with E-state index in [1.807, 2.05) is 0 Å². The standard InChI is InChI=1S/C10H21N/c1-4-6-7-10(3)9-11-8-5-2/h5,10-11H,2,4,6-9H2,1,3H3/i2D,3D. The SMILES string of the molecule is [2H]C=CCNCC(C[2H])CCCC. The van der Waals surface area contributed by atoms with Gasteiger partial charge in [0.25, 0.3) is 0 Å². The van der Waals surface area contributed by atoms with E-state index < -0.39 is 0 Å². The summed E-state index contributed by atoms with van der Waals surface area (Å²) < 4.78 is 14.1. The zero-order valence-corrected chi connectivity index (χ0v) is 7.47. The molecule has 0 aliphatic rings. The topological polar surface area (TPSA) is 12.0 Å². The first kappa shape index (κ1) is 7.35. The van der Waals surface area contributed by atoms with Crippen LogP contribution >= 0.6 is 0 Å². The number of hydrogen-bond acceptors (Lipinski definition) is 1. The zero-order chi connectivity index (χ0) is 9.94. The molecule has 0 aromatic rings. The third kappa shape index (κ3) is 7.60. The lowest BCUT2D eigenvalue weighted by Crippen LogP contribution is -2.20. The molecule has 0 radical (unpaired) electrons. The van der Waals surface area contributed by atoms with E-state index in [1.54, 1.807) is 6.08 Å². The van der Waals surface area contributed by atoms with E-state index >= 15 is 0 Å². The molecular formula is C10H21N. The first-order valence-electron chi connectivity index (χ1n) is 5.66. The van der Waals surface area contributed by atoms with Crippen molar-refractivity contribution in [3.63, 3.8) is 0 Å². The van der Waals surface area contributed by atoms with Crippen LogP contribution in [0.3, 0.4) is 0 Å². The molecule has 1 unspecified atom stereocenters. The van der Waals surface area contributed by atoms with Gasteiger partial charge in [0, 0.05) is 7.92 Å². The maximum absolute atomic E-state index is 7.32. The Kier molecular flexibility index (Phi) is 5.22. The van der Waals surface area contributed by atoms with Crippen molar-refractivity contribution in [2.24, 2.45) is 5.92 Å². The summed E-state index contributed by atoms with van der Waals surface area (Å²) in [5, 5.41) is 3.22. The van der Waals surface area contributed by atoms with Gasteiger partial charge in [-0.2, -0.15) is 0 Å². The van der Waals surface area contributed by atoms with Crippen LogP contribution in [0.15, 0.2) is 12.6 Å². The Morgan fingerprint density at radius 2 is 2.73 bits per heavy atom. The summed E-state index contributed by atoms with van der Waals surface area (Å²) in [6.07, 6.45) is 5.36. The second kappa shape index (κ2) is 7.80. The van der Waals surface area contributed by atoms with Crippen LogP contribution in [0.4, 0.5) is 0 Å². The van der Waals surface area contributed by atoms with Crippen LogP contribution in [-0.4, -0.2) is 13.1 Å². The average Bonchev–Trinajstić information content (AvgIpc) is 2.17. The van der Waals surface area contributed by atoms with E-state index in [4.69, 9.17) is 2.74 Å². The minimum Gasteiger partial charge on any atom is -0.313 e. The van der Waals surface area contributed by atoms with Gasteiger partial charge in [-0.15, -0.1) is 6.55 Å². The van der Waals surface area contributed by atoms with Crippen LogP contribution in [-0.2, 0) is 0 Å². The van der Waals surface area contributed by atoms with Gasteiger partial charge in [-0.25, -0.2) is 0 Å². The molecule has 0 aliphatic carbocycles. The Labute approximate surface area is 73.7 Å². The molecule has 1 nitrogen and oxygen atoms in total. The summed E-state index contributed by atoms with van der Waals surface area (Å²) in [7, 11) is 0. The molecule has 0 aliphatic heterocycles. The fourth-order valence-corrected chi connectivity index (χ4v) is 0.966. The van der Waals surface area contributed by atoms with Crippen LogP contribution in [0.5, 0.6) is 0 Å². The van der Waals surface area contributed by atoms with E-state index in [1.165, 1.54) is 19.4 Å². The van der Waals surface area contributed by atoms with Gasteiger partial charge in [0.15, 0.2) is 0 Å². The number of nitrogens with one attached hydrogen (secondary N) is 1. The normalized spacial score (nSPS) is 16.5. The van der Waals surface area contributed by atoms with Crippen LogP contribution in [0, 0.1) is 5.92 Å². The molecule has 0 spiro atoms. The van der Waals surface area contributed by atoms with Gasteiger partial charge in [-0.05, 0) is 18.9 Å². The molecule has 1 heteroatoms. The molecule has 1 atom stereocenters. The highest BCUT2D eigenvalue weighted by atomic mass is 14.8. The number of unbranched alkanes of at least 4 members (excludes halogenated alkanes) is 1. The van der Waals surface area contributed by atoms with Gasteiger partial charge in [-0.3, -0.25) is 0 Å². The summed E-state index contributed by atoms with van der Waals surface area (Å²) in [6.45, 7) is 5.66. The van der Waals surface area contributed by atoms with Crippen molar-refractivity contribution in [1.82, 2.24) is 5.32 Å². The molecule has 0 heterocycles. The Morgan fingerprint density at radius 3 is 3.36 bits per heavy atom. The van der Waals surface area contributed by atoms with Gasteiger partial charge in [0.05, 0.1) is 1.37 Å². The molecule has 0 rings (SSSR count). The monoisotopic (exact) mass is 157 g/mol. The Balaban J connectivity index is 3.36. The van der Waals surface area contributed by atoms with Gasteiger partial charge >= 0.3 is 0 Å². The fraction of sp³-hybridized carbons (Fsp3) is 0.800. The second-order valence-electron chi connectivity index (χ2n) is 2.90. The Hall–Kier alpha value is -0.300. The molecular weight excluding hydrogens is 134 g/mol. The van der Waals surface area contributed by atoms with E-state index in [2.05, 4.69) is 12.2 Å².